The van der Waals surface area contributed by atoms with Gasteiger partial charge < -0.3 is 19.7 Å². The molecule has 0 aromatic rings. The maximum absolute atomic E-state index is 11.3. The molecule has 0 saturated carbocycles. The molecule has 0 fully saturated rings. The van der Waals surface area contributed by atoms with E-state index in [0.29, 0.717) is 12.8 Å². The zero-order valence-corrected chi connectivity index (χ0v) is 13.8. The zero-order chi connectivity index (χ0) is 16.4. The minimum atomic E-state index is -0.336. The van der Waals surface area contributed by atoms with Crippen LogP contribution in [-0.2, 0) is 14.3 Å². The number of methoxy groups -OCH3 is 1. The van der Waals surface area contributed by atoms with Gasteiger partial charge in [-0.3, -0.25) is 4.79 Å². The predicted octanol–water partition coefficient (Wildman–Crippen LogP) is 2.83. The Morgan fingerprint density at radius 3 is 2.33 bits per heavy atom. The highest BCUT2D eigenvalue weighted by Crippen LogP contribution is 2.26. The van der Waals surface area contributed by atoms with Crippen molar-refractivity contribution in [3.63, 3.8) is 0 Å². The van der Waals surface area contributed by atoms with Crippen molar-refractivity contribution in [1.82, 2.24) is 0 Å². The molecule has 0 saturated heterocycles. The molecule has 0 heterocycles. The Morgan fingerprint density at radius 1 is 1.29 bits per heavy atom. The number of rotatable bonds is 10. The molecule has 5 atom stereocenters. The standard InChI is InChI=1S/C16H30O5/c1-6-14(19)8-7-11(2)16(21-13(4)18)12(3)15(20-5)9-10-17/h9-12,14-17,19H,6-8H2,1-5H3/b10-9+/t11-,12-,14+,15+,16+/m1/s1. The fourth-order valence-corrected chi connectivity index (χ4v) is 2.50. The van der Waals surface area contributed by atoms with Crippen LogP contribution in [0, 0.1) is 11.8 Å². The van der Waals surface area contributed by atoms with Crippen molar-refractivity contribution < 1.29 is 24.5 Å². The van der Waals surface area contributed by atoms with Crippen molar-refractivity contribution in [2.45, 2.75) is 65.3 Å². The molecule has 0 aromatic heterocycles. The van der Waals surface area contributed by atoms with Crippen LogP contribution in [0.2, 0.25) is 0 Å². The number of aliphatic hydroxyl groups excluding tert-OH is 2. The normalized spacial score (nSPS) is 19.0. The van der Waals surface area contributed by atoms with Gasteiger partial charge in [-0.25, -0.2) is 0 Å². The molecule has 0 aliphatic rings. The van der Waals surface area contributed by atoms with Gasteiger partial charge in [-0.1, -0.05) is 20.8 Å². The van der Waals surface area contributed by atoms with Crippen molar-refractivity contribution in [1.29, 1.82) is 0 Å². The molecule has 0 aliphatic carbocycles. The van der Waals surface area contributed by atoms with Crippen molar-refractivity contribution in [3.05, 3.63) is 12.3 Å². The number of aliphatic hydroxyl groups is 2. The number of ether oxygens (including phenoxy) is 2. The van der Waals surface area contributed by atoms with Crippen LogP contribution in [0.15, 0.2) is 12.3 Å². The van der Waals surface area contributed by atoms with Crippen LogP contribution >= 0.6 is 0 Å². The molecule has 0 amide bonds. The van der Waals surface area contributed by atoms with Crippen molar-refractivity contribution in [3.8, 4) is 0 Å². The van der Waals surface area contributed by atoms with Crippen molar-refractivity contribution in [2.75, 3.05) is 7.11 Å². The quantitative estimate of drug-likeness (QED) is 0.479. The highest BCUT2D eigenvalue weighted by atomic mass is 16.5. The largest absolute Gasteiger partial charge is 0.516 e. The smallest absolute Gasteiger partial charge is 0.302 e. The van der Waals surface area contributed by atoms with E-state index in [-0.39, 0.29) is 36.1 Å². The molecule has 0 unspecified atom stereocenters. The average molecular weight is 302 g/mol. The van der Waals surface area contributed by atoms with Crippen LogP contribution in [-0.4, -0.2) is 41.6 Å². The molecule has 2 N–H and O–H groups in total. The fourth-order valence-electron chi connectivity index (χ4n) is 2.50. The second-order valence-corrected chi connectivity index (χ2v) is 5.59. The van der Waals surface area contributed by atoms with Gasteiger partial charge in [-0.2, -0.15) is 0 Å². The second kappa shape index (κ2) is 10.6. The van der Waals surface area contributed by atoms with Gasteiger partial charge in [-0.15, -0.1) is 0 Å². The molecule has 5 heteroatoms. The maximum Gasteiger partial charge on any atom is 0.302 e. The van der Waals surface area contributed by atoms with Crippen LogP contribution < -0.4 is 0 Å². The third-order valence-corrected chi connectivity index (χ3v) is 3.87. The lowest BCUT2D eigenvalue weighted by molar-refractivity contribution is -0.154. The Hall–Kier alpha value is -1.07. The summed E-state index contributed by atoms with van der Waals surface area (Å²) in [5.41, 5.74) is 0. The van der Waals surface area contributed by atoms with Crippen LogP contribution in [0.3, 0.4) is 0 Å². The number of esters is 1. The van der Waals surface area contributed by atoms with Gasteiger partial charge in [-0.05, 0) is 31.3 Å². The first-order chi connectivity index (χ1) is 9.87. The van der Waals surface area contributed by atoms with E-state index in [1.165, 1.54) is 13.0 Å². The highest BCUT2D eigenvalue weighted by molar-refractivity contribution is 5.66. The number of hydrogen-bond acceptors (Lipinski definition) is 5. The minimum Gasteiger partial charge on any atom is -0.516 e. The van der Waals surface area contributed by atoms with E-state index < -0.39 is 0 Å². The highest BCUT2D eigenvalue weighted by Gasteiger charge is 2.31. The van der Waals surface area contributed by atoms with Crippen LogP contribution in [0.5, 0.6) is 0 Å². The maximum atomic E-state index is 11.3. The Kier molecular flexibility index (Phi) is 10.1. The molecule has 0 rings (SSSR count). The molecule has 0 radical (unpaired) electrons. The molecule has 5 nitrogen and oxygen atoms in total. The molecule has 21 heavy (non-hydrogen) atoms. The molecule has 0 aliphatic heterocycles. The predicted molar refractivity (Wildman–Crippen MR) is 82.0 cm³/mol. The Morgan fingerprint density at radius 2 is 1.90 bits per heavy atom. The fraction of sp³-hybridized carbons (Fsp3) is 0.812. The average Bonchev–Trinajstić information content (AvgIpc) is 2.46. The summed E-state index contributed by atoms with van der Waals surface area (Å²) in [6.07, 6.45) is 3.65. The minimum absolute atomic E-state index is 0.0924. The van der Waals surface area contributed by atoms with Crippen molar-refractivity contribution in [2.24, 2.45) is 11.8 Å². The molecular formula is C16H30O5. The SMILES string of the molecule is CC[C@H](O)CC[C@@H](C)[C@H](OC(C)=O)[C@H](C)[C@H](/C=C/O)OC. The Bertz CT molecular complexity index is 316. The first kappa shape index (κ1) is 19.9. The van der Waals surface area contributed by atoms with E-state index >= 15 is 0 Å². The van der Waals surface area contributed by atoms with Gasteiger partial charge >= 0.3 is 5.97 Å². The summed E-state index contributed by atoms with van der Waals surface area (Å²) in [5.74, 6) is -0.344. The monoisotopic (exact) mass is 302 g/mol. The first-order valence-corrected chi connectivity index (χ1v) is 7.56. The topological polar surface area (TPSA) is 76.0 Å². The van der Waals surface area contributed by atoms with Gasteiger partial charge in [0, 0.05) is 20.0 Å². The summed E-state index contributed by atoms with van der Waals surface area (Å²) in [7, 11) is 1.55. The molecule has 0 bridgehead atoms. The van der Waals surface area contributed by atoms with E-state index in [9.17, 15) is 9.90 Å². The summed E-state index contributed by atoms with van der Waals surface area (Å²) in [4.78, 5) is 11.3. The summed E-state index contributed by atoms with van der Waals surface area (Å²) >= 11 is 0. The third kappa shape index (κ3) is 7.48. The van der Waals surface area contributed by atoms with Gasteiger partial charge in [0.25, 0.3) is 0 Å². The lowest BCUT2D eigenvalue weighted by atomic mass is 9.85. The number of carbonyl (C=O) groups excluding carboxylic acids is 1. The molecule has 0 spiro atoms. The summed E-state index contributed by atoms with van der Waals surface area (Å²) in [6.45, 7) is 7.25. The zero-order valence-electron chi connectivity index (χ0n) is 13.8. The lowest BCUT2D eigenvalue weighted by Gasteiger charge is -2.32. The molecule has 0 aromatic carbocycles. The van der Waals surface area contributed by atoms with E-state index in [0.717, 1.165) is 12.7 Å². The van der Waals surface area contributed by atoms with Gasteiger partial charge in [0.2, 0.25) is 0 Å². The lowest BCUT2D eigenvalue weighted by Crippen LogP contribution is -2.38. The van der Waals surface area contributed by atoms with Gasteiger partial charge in [0.1, 0.15) is 6.10 Å². The van der Waals surface area contributed by atoms with E-state index in [4.69, 9.17) is 14.6 Å². The van der Waals surface area contributed by atoms with E-state index in [1.807, 2.05) is 20.8 Å². The van der Waals surface area contributed by atoms with E-state index in [1.54, 1.807) is 7.11 Å². The van der Waals surface area contributed by atoms with Crippen LogP contribution in [0.25, 0.3) is 0 Å². The second-order valence-electron chi connectivity index (χ2n) is 5.59. The summed E-state index contributed by atoms with van der Waals surface area (Å²) in [5, 5.41) is 18.6. The van der Waals surface area contributed by atoms with Crippen LogP contribution in [0.4, 0.5) is 0 Å². The van der Waals surface area contributed by atoms with Gasteiger partial charge in [0.05, 0.1) is 18.5 Å². The molecular weight excluding hydrogens is 272 g/mol. The molecule has 124 valence electrons. The summed E-state index contributed by atoms with van der Waals surface area (Å²) in [6, 6.07) is 0. The summed E-state index contributed by atoms with van der Waals surface area (Å²) < 4.78 is 10.8. The van der Waals surface area contributed by atoms with Crippen molar-refractivity contribution >= 4 is 5.97 Å². The van der Waals surface area contributed by atoms with Crippen LogP contribution in [0.1, 0.15) is 47.0 Å². The third-order valence-electron chi connectivity index (χ3n) is 3.87. The number of hydrogen-bond donors (Lipinski definition) is 2. The van der Waals surface area contributed by atoms with E-state index in [2.05, 4.69) is 0 Å². The Balaban J connectivity index is 4.86. The first-order valence-electron chi connectivity index (χ1n) is 7.56. The van der Waals surface area contributed by atoms with Gasteiger partial charge in [0.15, 0.2) is 0 Å². The number of carbonyl (C=O) groups is 1. The Labute approximate surface area is 128 Å².